The average molecular weight is 323 g/mol. The van der Waals surface area contributed by atoms with Crippen molar-refractivity contribution in [1.29, 1.82) is 0 Å². The number of carboxylic acids is 1. The molecule has 0 saturated heterocycles. The van der Waals surface area contributed by atoms with Gasteiger partial charge in [0.25, 0.3) is 5.69 Å². The molecule has 0 aliphatic heterocycles. The number of nitrogens with zero attached hydrogens (tertiary/aromatic N) is 2. The monoisotopic (exact) mass is 323 g/mol. The van der Waals surface area contributed by atoms with Crippen molar-refractivity contribution in [3.8, 4) is 0 Å². The number of oxazole rings is 1. The summed E-state index contributed by atoms with van der Waals surface area (Å²) < 4.78 is 5.56. The summed E-state index contributed by atoms with van der Waals surface area (Å²) in [7, 11) is 0. The van der Waals surface area contributed by atoms with Crippen LogP contribution < -0.4 is 5.11 Å². The Morgan fingerprint density at radius 3 is 2.58 bits per heavy atom. The fourth-order valence-electron chi connectivity index (χ4n) is 2.32. The van der Waals surface area contributed by atoms with Gasteiger partial charge in [-0.25, -0.2) is 4.98 Å². The van der Waals surface area contributed by atoms with Crippen molar-refractivity contribution in [2.75, 3.05) is 0 Å². The number of nitro benzene ring substituents is 1. The highest BCUT2D eigenvalue weighted by Gasteiger charge is 2.15. The first kappa shape index (κ1) is 15.4. The molecule has 0 unspecified atom stereocenters. The highest BCUT2D eigenvalue weighted by Crippen LogP contribution is 2.28. The number of hydrogen-bond donors (Lipinski definition) is 0. The van der Waals surface area contributed by atoms with Crippen LogP contribution in [0.1, 0.15) is 17.9 Å². The second kappa shape index (κ2) is 6.33. The van der Waals surface area contributed by atoms with E-state index in [1.807, 2.05) is 0 Å². The number of rotatable bonds is 5. The summed E-state index contributed by atoms with van der Waals surface area (Å²) in [4.78, 5) is 25.9. The summed E-state index contributed by atoms with van der Waals surface area (Å²) >= 11 is 0. The van der Waals surface area contributed by atoms with Crippen LogP contribution in [0.15, 0.2) is 52.9 Å². The molecule has 0 spiro atoms. The fourth-order valence-corrected chi connectivity index (χ4v) is 2.32. The second-order valence-electron chi connectivity index (χ2n) is 5.02. The summed E-state index contributed by atoms with van der Waals surface area (Å²) in [6.07, 6.45) is 0.914. The smallest absolute Gasteiger partial charge is 0.276 e. The molecule has 0 atom stereocenters. The van der Waals surface area contributed by atoms with Gasteiger partial charge in [-0.3, -0.25) is 10.1 Å². The minimum absolute atomic E-state index is 0.0959. The maximum Gasteiger partial charge on any atom is 0.276 e. The van der Waals surface area contributed by atoms with Crippen LogP contribution in [-0.4, -0.2) is 15.9 Å². The lowest BCUT2D eigenvalue weighted by atomic mass is 10.1. The molecular weight excluding hydrogens is 312 g/mol. The number of para-hydroxylation sites is 3. The van der Waals surface area contributed by atoms with Gasteiger partial charge in [-0.05, 0) is 24.3 Å². The highest BCUT2D eigenvalue weighted by atomic mass is 16.6. The third kappa shape index (κ3) is 3.14. The third-order valence-corrected chi connectivity index (χ3v) is 3.37. The van der Waals surface area contributed by atoms with E-state index < -0.39 is 17.3 Å². The lowest BCUT2D eigenvalue weighted by molar-refractivity contribution is -0.385. The van der Waals surface area contributed by atoms with Crippen molar-refractivity contribution >= 4 is 34.4 Å². The summed E-state index contributed by atoms with van der Waals surface area (Å²) in [6, 6.07) is 13.0. The fraction of sp³-hybridized carbons (Fsp3) is 0.0588. The van der Waals surface area contributed by atoms with E-state index in [0.29, 0.717) is 11.1 Å². The normalized spacial score (nSPS) is 11.6. The Kier molecular flexibility index (Phi) is 4.07. The maximum atomic E-state index is 11.1. The summed E-state index contributed by atoms with van der Waals surface area (Å²) in [6.45, 7) is 0. The van der Waals surface area contributed by atoms with E-state index in [4.69, 9.17) is 4.42 Å². The molecule has 3 rings (SSSR count). The van der Waals surface area contributed by atoms with Crippen LogP contribution in [0, 0.1) is 10.1 Å². The average Bonchev–Trinajstić information content (AvgIpc) is 2.98. The van der Waals surface area contributed by atoms with Gasteiger partial charge in [0.15, 0.2) is 5.58 Å². The lowest BCUT2D eigenvalue weighted by Gasteiger charge is -2.05. The van der Waals surface area contributed by atoms with Crippen molar-refractivity contribution in [3.05, 3.63) is 70.1 Å². The Morgan fingerprint density at radius 2 is 1.88 bits per heavy atom. The molecule has 120 valence electrons. The molecule has 0 aliphatic rings. The first-order valence-electron chi connectivity index (χ1n) is 7.04. The molecule has 7 nitrogen and oxygen atoms in total. The van der Waals surface area contributed by atoms with Crippen molar-refractivity contribution in [3.63, 3.8) is 0 Å². The van der Waals surface area contributed by atoms with Gasteiger partial charge in [0, 0.05) is 24.0 Å². The molecule has 0 saturated carbocycles. The van der Waals surface area contributed by atoms with E-state index in [0.717, 1.165) is 0 Å². The van der Waals surface area contributed by atoms with E-state index in [1.165, 1.54) is 24.3 Å². The molecule has 0 fully saturated rings. The van der Waals surface area contributed by atoms with E-state index in [1.54, 1.807) is 30.3 Å². The molecule has 1 heterocycles. The topological polar surface area (TPSA) is 109 Å². The molecule has 0 N–H and O–H groups in total. The van der Waals surface area contributed by atoms with E-state index in [-0.39, 0.29) is 22.7 Å². The van der Waals surface area contributed by atoms with Gasteiger partial charge in [-0.15, -0.1) is 0 Å². The minimum Gasteiger partial charge on any atom is -0.550 e. The van der Waals surface area contributed by atoms with Crippen molar-refractivity contribution in [1.82, 2.24) is 4.98 Å². The first-order chi connectivity index (χ1) is 11.5. The highest BCUT2D eigenvalue weighted by molar-refractivity contribution is 5.91. The Bertz CT molecular complexity index is 925. The number of carbonyl (C=O) groups excluding carboxylic acids is 1. The number of nitro groups is 1. The number of hydrogen-bond acceptors (Lipinski definition) is 6. The minimum atomic E-state index is -1.33. The van der Waals surface area contributed by atoms with E-state index >= 15 is 0 Å². The third-order valence-electron chi connectivity index (χ3n) is 3.37. The van der Waals surface area contributed by atoms with Gasteiger partial charge in [0.1, 0.15) is 5.52 Å². The number of carbonyl (C=O) groups is 1. The number of benzene rings is 2. The number of aromatic nitrogens is 1. The second-order valence-corrected chi connectivity index (χ2v) is 5.02. The number of fused-ring (bicyclic) bond motifs is 1. The van der Waals surface area contributed by atoms with Gasteiger partial charge in [-0.2, -0.15) is 0 Å². The van der Waals surface area contributed by atoms with Crippen LogP contribution in [0.3, 0.4) is 0 Å². The lowest BCUT2D eigenvalue weighted by Crippen LogP contribution is -2.22. The van der Waals surface area contributed by atoms with Crippen LogP contribution in [0.25, 0.3) is 22.7 Å². The molecule has 0 bridgehead atoms. The Labute approximate surface area is 136 Å². The largest absolute Gasteiger partial charge is 0.550 e. The predicted molar refractivity (Wildman–Crippen MR) is 84.6 cm³/mol. The standard InChI is InChI=1S/C17H12N2O5/c20-16(21)10-12(9-11-5-1-3-7-14(11)19(22)23)17-18-13-6-2-4-8-15(13)24-17/h1-9H,10H2,(H,20,21)/p-1/b12-9+. The molecule has 24 heavy (non-hydrogen) atoms. The van der Waals surface area contributed by atoms with Crippen LogP contribution >= 0.6 is 0 Å². The van der Waals surface area contributed by atoms with Gasteiger partial charge >= 0.3 is 0 Å². The zero-order valence-corrected chi connectivity index (χ0v) is 12.3. The Balaban J connectivity index is 2.13. The first-order valence-corrected chi connectivity index (χ1v) is 7.04. The maximum absolute atomic E-state index is 11.1. The zero-order chi connectivity index (χ0) is 17.1. The van der Waals surface area contributed by atoms with Crippen molar-refractivity contribution in [2.24, 2.45) is 0 Å². The molecule has 2 aromatic carbocycles. The summed E-state index contributed by atoms with van der Waals surface area (Å²) in [5.41, 5.74) is 1.39. The molecule has 0 amide bonds. The summed E-state index contributed by atoms with van der Waals surface area (Å²) in [5, 5.41) is 22.2. The van der Waals surface area contributed by atoms with Gasteiger partial charge in [0.2, 0.25) is 5.89 Å². The number of aliphatic carboxylic acids is 1. The van der Waals surface area contributed by atoms with Gasteiger partial charge < -0.3 is 14.3 Å². The molecule has 3 aromatic rings. The van der Waals surface area contributed by atoms with Crippen molar-refractivity contribution < 1.29 is 19.2 Å². The quantitative estimate of drug-likeness (QED) is 0.527. The van der Waals surface area contributed by atoms with Gasteiger partial charge in [-0.1, -0.05) is 24.3 Å². The van der Waals surface area contributed by atoms with Crippen LogP contribution in [0.4, 0.5) is 5.69 Å². The predicted octanol–water partition coefficient (Wildman–Crippen LogP) is 2.42. The van der Waals surface area contributed by atoms with Gasteiger partial charge in [0.05, 0.1) is 10.5 Å². The molecule has 0 radical (unpaired) electrons. The molecule has 1 aromatic heterocycles. The molecule has 7 heteroatoms. The van der Waals surface area contributed by atoms with Crippen LogP contribution in [0.5, 0.6) is 0 Å². The number of carboxylic acid groups (broad SMARTS) is 1. The molecule has 0 aliphatic carbocycles. The van der Waals surface area contributed by atoms with E-state index in [2.05, 4.69) is 4.98 Å². The van der Waals surface area contributed by atoms with Crippen molar-refractivity contribution in [2.45, 2.75) is 6.42 Å². The summed E-state index contributed by atoms with van der Waals surface area (Å²) in [5.74, 6) is -1.24. The van der Waals surface area contributed by atoms with Crippen LogP contribution in [0.2, 0.25) is 0 Å². The Hall–Kier alpha value is -3.48. The SMILES string of the molecule is O=C([O-])C/C(=C\c1ccccc1[N+](=O)[O-])c1nc2ccccc2o1. The van der Waals surface area contributed by atoms with E-state index in [9.17, 15) is 20.0 Å². The Morgan fingerprint density at radius 1 is 1.17 bits per heavy atom. The zero-order valence-electron chi connectivity index (χ0n) is 12.3. The molecular formula is C17H11N2O5-. The van der Waals surface area contributed by atoms with Crippen LogP contribution in [-0.2, 0) is 4.79 Å².